The minimum absolute atomic E-state index is 0.0797. The molecule has 0 aromatic carbocycles. The standard InChI is InChI=1S/C14H14F3N3O2/c15-14(16,17)11-6-5-9(8-18-11)20-12(21)10-4-2-1-3-7-19(10)13(20)22/h5-6,8,10H,1-4,7H2. The Hall–Kier alpha value is -2.12. The third-order valence-electron chi connectivity index (χ3n) is 3.99. The summed E-state index contributed by atoms with van der Waals surface area (Å²) in [6.45, 7) is 0.500. The third kappa shape index (κ3) is 2.42. The van der Waals surface area contributed by atoms with Gasteiger partial charge in [0.2, 0.25) is 0 Å². The average molecular weight is 313 g/mol. The van der Waals surface area contributed by atoms with Crippen molar-refractivity contribution in [3.8, 4) is 0 Å². The quantitative estimate of drug-likeness (QED) is 0.749. The Labute approximate surface area is 124 Å². The highest BCUT2D eigenvalue weighted by Gasteiger charge is 2.46. The van der Waals surface area contributed by atoms with Crippen LogP contribution < -0.4 is 4.90 Å². The van der Waals surface area contributed by atoms with Crippen molar-refractivity contribution in [1.82, 2.24) is 9.88 Å². The molecule has 1 unspecified atom stereocenters. The summed E-state index contributed by atoms with van der Waals surface area (Å²) in [4.78, 5) is 30.5. The van der Waals surface area contributed by atoms with E-state index in [1.807, 2.05) is 0 Å². The molecule has 2 aliphatic rings. The van der Waals surface area contributed by atoms with Crippen molar-refractivity contribution in [2.75, 3.05) is 11.4 Å². The molecule has 3 amide bonds. The van der Waals surface area contributed by atoms with E-state index in [1.165, 1.54) is 4.90 Å². The number of hydrogen-bond donors (Lipinski definition) is 0. The van der Waals surface area contributed by atoms with Gasteiger partial charge in [-0.25, -0.2) is 14.7 Å². The summed E-state index contributed by atoms with van der Waals surface area (Å²) in [6, 6.07) is 0.910. The van der Waals surface area contributed by atoms with Gasteiger partial charge in [0.05, 0.1) is 11.9 Å². The van der Waals surface area contributed by atoms with Crippen molar-refractivity contribution in [3.05, 3.63) is 24.0 Å². The lowest BCUT2D eigenvalue weighted by molar-refractivity contribution is -0.141. The minimum atomic E-state index is -4.55. The first-order chi connectivity index (χ1) is 10.4. The number of alkyl halides is 3. The SMILES string of the molecule is O=C1C2CCCCCN2C(=O)N1c1ccc(C(F)(F)F)nc1. The van der Waals surface area contributed by atoms with Crippen molar-refractivity contribution in [1.29, 1.82) is 0 Å². The Bertz CT molecular complexity index is 576. The van der Waals surface area contributed by atoms with Gasteiger partial charge in [-0.1, -0.05) is 12.8 Å². The first-order valence-electron chi connectivity index (χ1n) is 7.07. The van der Waals surface area contributed by atoms with Crippen molar-refractivity contribution in [2.24, 2.45) is 0 Å². The van der Waals surface area contributed by atoms with Crippen LogP contribution in [0.15, 0.2) is 18.3 Å². The maximum Gasteiger partial charge on any atom is 0.433 e. The van der Waals surface area contributed by atoms with Gasteiger partial charge in [-0.2, -0.15) is 13.2 Å². The van der Waals surface area contributed by atoms with E-state index < -0.39 is 23.9 Å². The van der Waals surface area contributed by atoms with Gasteiger partial charge in [0.25, 0.3) is 5.91 Å². The maximum atomic E-state index is 12.5. The summed E-state index contributed by atoms with van der Waals surface area (Å²) in [7, 11) is 0. The highest BCUT2D eigenvalue weighted by molar-refractivity contribution is 6.21. The zero-order chi connectivity index (χ0) is 15.9. The molecule has 0 radical (unpaired) electrons. The van der Waals surface area contributed by atoms with Crippen LogP contribution in [-0.2, 0) is 11.0 Å². The molecule has 2 aliphatic heterocycles. The predicted octanol–water partition coefficient (Wildman–Crippen LogP) is 2.81. The number of nitrogens with zero attached hydrogens (tertiary/aromatic N) is 3. The lowest BCUT2D eigenvalue weighted by Gasteiger charge is -2.18. The molecular weight excluding hydrogens is 299 g/mol. The van der Waals surface area contributed by atoms with Crippen molar-refractivity contribution < 1.29 is 22.8 Å². The molecule has 118 valence electrons. The number of rotatable bonds is 1. The normalized spacial score (nSPS) is 22.8. The summed E-state index contributed by atoms with van der Waals surface area (Å²) in [5.41, 5.74) is -0.971. The molecule has 3 rings (SSSR count). The summed E-state index contributed by atoms with van der Waals surface area (Å²) in [6.07, 6.45) is -0.379. The van der Waals surface area contributed by atoms with Gasteiger partial charge >= 0.3 is 12.2 Å². The molecule has 1 aromatic rings. The Morgan fingerprint density at radius 1 is 1.14 bits per heavy atom. The number of carbonyl (C=O) groups is 2. The van der Waals surface area contributed by atoms with Gasteiger partial charge in [0, 0.05) is 6.54 Å². The molecule has 0 bridgehead atoms. The molecule has 1 aromatic heterocycles. The van der Waals surface area contributed by atoms with Gasteiger partial charge in [-0.15, -0.1) is 0 Å². The number of fused-ring (bicyclic) bond motifs is 1. The predicted molar refractivity (Wildman–Crippen MR) is 71.1 cm³/mol. The number of imide groups is 1. The smallest absolute Gasteiger partial charge is 0.312 e. The van der Waals surface area contributed by atoms with Crippen molar-refractivity contribution in [2.45, 2.75) is 37.9 Å². The first-order valence-corrected chi connectivity index (χ1v) is 7.07. The van der Waals surface area contributed by atoms with Crippen LogP contribution in [0.25, 0.3) is 0 Å². The largest absolute Gasteiger partial charge is 0.433 e. The molecule has 0 spiro atoms. The van der Waals surface area contributed by atoms with Gasteiger partial charge in [0.15, 0.2) is 0 Å². The van der Waals surface area contributed by atoms with Crippen LogP contribution in [0.5, 0.6) is 0 Å². The van der Waals surface area contributed by atoms with Gasteiger partial charge in [-0.3, -0.25) is 4.79 Å². The number of urea groups is 1. The lowest BCUT2D eigenvalue weighted by atomic mass is 10.1. The number of halogens is 3. The third-order valence-corrected chi connectivity index (χ3v) is 3.99. The van der Waals surface area contributed by atoms with Crippen LogP contribution in [0.4, 0.5) is 23.7 Å². The topological polar surface area (TPSA) is 53.5 Å². The van der Waals surface area contributed by atoms with Crippen LogP contribution in [-0.4, -0.2) is 34.4 Å². The Balaban J connectivity index is 1.88. The van der Waals surface area contributed by atoms with E-state index in [1.54, 1.807) is 0 Å². The average Bonchev–Trinajstić information content (AvgIpc) is 2.65. The van der Waals surface area contributed by atoms with Gasteiger partial charge in [-0.05, 0) is 25.0 Å². The Kier molecular flexibility index (Phi) is 3.54. The summed E-state index contributed by atoms with van der Waals surface area (Å²) < 4.78 is 37.6. The Morgan fingerprint density at radius 3 is 2.55 bits per heavy atom. The highest BCUT2D eigenvalue weighted by atomic mass is 19.4. The fourth-order valence-corrected chi connectivity index (χ4v) is 2.89. The Morgan fingerprint density at radius 2 is 1.91 bits per heavy atom. The number of amides is 3. The van der Waals surface area contributed by atoms with Gasteiger partial charge in [0.1, 0.15) is 11.7 Å². The molecule has 5 nitrogen and oxygen atoms in total. The van der Waals surface area contributed by atoms with Crippen LogP contribution in [0.2, 0.25) is 0 Å². The van der Waals surface area contributed by atoms with Crippen LogP contribution in [0.1, 0.15) is 31.4 Å². The minimum Gasteiger partial charge on any atom is -0.312 e. The zero-order valence-electron chi connectivity index (χ0n) is 11.6. The van der Waals surface area contributed by atoms with E-state index in [9.17, 15) is 22.8 Å². The van der Waals surface area contributed by atoms with Crippen LogP contribution in [0.3, 0.4) is 0 Å². The zero-order valence-corrected chi connectivity index (χ0v) is 11.6. The van der Waals surface area contributed by atoms with E-state index in [0.29, 0.717) is 13.0 Å². The van der Waals surface area contributed by atoms with Crippen molar-refractivity contribution >= 4 is 17.6 Å². The molecule has 1 atom stereocenters. The second-order valence-electron chi connectivity index (χ2n) is 5.41. The summed E-state index contributed by atoms with van der Waals surface area (Å²) in [5, 5.41) is 0. The maximum absolute atomic E-state index is 12.5. The van der Waals surface area contributed by atoms with E-state index in [0.717, 1.165) is 42.5 Å². The number of aromatic nitrogens is 1. The molecule has 0 N–H and O–H groups in total. The molecule has 0 saturated carbocycles. The number of carbonyl (C=O) groups excluding carboxylic acids is 2. The highest BCUT2D eigenvalue weighted by Crippen LogP contribution is 2.32. The monoisotopic (exact) mass is 313 g/mol. The number of pyridine rings is 1. The fourth-order valence-electron chi connectivity index (χ4n) is 2.89. The second-order valence-corrected chi connectivity index (χ2v) is 5.41. The molecule has 8 heteroatoms. The van der Waals surface area contributed by atoms with Crippen LogP contribution in [0, 0.1) is 0 Å². The first kappa shape index (κ1) is 14.8. The fraction of sp³-hybridized carbons (Fsp3) is 0.500. The molecule has 3 heterocycles. The van der Waals surface area contributed by atoms with Gasteiger partial charge < -0.3 is 4.90 Å². The van der Waals surface area contributed by atoms with E-state index in [2.05, 4.69) is 4.98 Å². The van der Waals surface area contributed by atoms with E-state index in [4.69, 9.17) is 0 Å². The second kappa shape index (κ2) is 5.26. The summed E-state index contributed by atoms with van der Waals surface area (Å²) in [5.74, 6) is -0.381. The van der Waals surface area contributed by atoms with Crippen molar-refractivity contribution in [3.63, 3.8) is 0 Å². The summed E-state index contributed by atoms with van der Waals surface area (Å²) >= 11 is 0. The molecule has 0 aliphatic carbocycles. The number of hydrogen-bond acceptors (Lipinski definition) is 3. The molecule has 2 saturated heterocycles. The molecule has 2 fully saturated rings. The molecular formula is C14H14F3N3O2. The van der Waals surface area contributed by atoms with Crippen LogP contribution >= 0.6 is 0 Å². The van der Waals surface area contributed by atoms with E-state index in [-0.39, 0.29) is 11.6 Å². The number of anilines is 1. The molecule has 22 heavy (non-hydrogen) atoms. The lowest BCUT2D eigenvalue weighted by Crippen LogP contribution is -2.34. The van der Waals surface area contributed by atoms with E-state index >= 15 is 0 Å².